The molecule has 7 heteroatoms. The van der Waals surface area contributed by atoms with E-state index < -0.39 is 17.6 Å². The topological polar surface area (TPSA) is 58.2 Å². The summed E-state index contributed by atoms with van der Waals surface area (Å²) in [7, 11) is 0. The number of rotatable bonds is 4. The van der Waals surface area contributed by atoms with Crippen molar-refractivity contribution in [1.29, 1.82) is 0 Å². The van der Waals surface area contributed by atoms with Crippen LogP contribution in [0.1, 0.15) is 41.6 Å². The summed E-state index contributed by atoms with van der Waals surface area (Å²) in [6, 6.07) is 11.2. The molecule has 0 heterocycles. The minimum atomic E-state index is -4.60. The van der Waals surface area contributed by atoms with Gasteiger partial charge in [-0.3, -0.25) is 9.59 Å². The lowest BCUT2D eigenvalue weighted by Crippen LogP contribution is -2.21. The first-order chi connectivity index (χ1) is 12.8. The molecule has 0 aromatic heterocycles. The minimum Gasteiger partial charge on any atom is -0.326 e. The van der Waals surface area contributed by atoms with Crippen molar-refractivity contribution in [2.24, 2.45) is 5.92 Å². The van der Waals surface area contributed by atoms with Crippen LogP contribution in [-0.2, 0) is 11.0 Å². The molecule has 2 N–H and O–H groups in total. The van der Waals surface area contributed by atoms with Gasteiger partial charge in [0, 0.05) is 22.9 Å². The van der Waals surface area contributed by atoms with E-state index in [-0.39, 0.29) is 23.2 Å². The number of carbonyl (C=O) groups is 2. The van der Waals surface area contributed by atoms with Gasteiger partial charge in [-0.2, -0.15) is 13.2 Å². The molecule has 1 aliphatic carbocycles. The first kappa shape index (κ1) is 18.9. The predicted octanol–water partition coefficient (Wildman–Crippen LogP) is 5.09. The third kappa shape index (κ3) is 4.87. The molecule has 2 amide bonds. The van der Waals surface area contributed by atoms with Crippen molar-refractivity contribution in [3.05, 3.63) is 59.7 Å². The van der Waals surface area contributed by atoms with Crippen LogP contribution < -0.4 is 10.6 Å². The summed E-state index contributed by atoms with van der Waals surface area (Å²) in [5.41, 5.74) is -0.618. The monoisotopic (exact) mass is 376 g/mol. The highest BCUT2D eigenvalue weighted by Gasteiger charge is 2.32. The van der Waals surface area contributed by atoms with Crippen LogP contribution >= 0.6 is 0 Å². The molecule has 4 nitrogen and oxygen atoms in total. The van der Waals surface area contributed by atoms with E-state index in [0.29, 0.717) is 5.56 Å². The fourth-order valence-electron chi connectivity index (χ4n) is 3.16. The molecular formula is C20H19F3N2O2. The first-order valence-electron chi connectivity index (χ1n) is 8.72. The molecule has 0 saturated heterocycles. The zero-order chi connectivity index (χ0) is 19.4. The van der Waals surface area contributed by atoms with Gasteiger partial charge in [0.2, 0.25) is 5.91 Å². The molecule has 1 saturated carbocycles. The standard InChI is InChI=1S/C20H19F3N2O2/c21-20(22,23)15-10-16(24-18(26)13-6-2-1-3-7-13)12-17(11-15)25-19(27)14-8-4-5-9-14/h1-3,6-7,10-12,14H,4-5,8-9H2,(H,24,26)(H,25,27). The molecule has 0 radical (unpaired) electrons. The molecule has 2 aromatic carbocycles. The van der Waals surface area contributed by atoms with Gasteiger partial charge in [0.15, 0.2) is 0 Å². The van der Waals surface area contributed by atoms with Gasteiger partial charge in [-0.05, 0) is 43.2 Å². The van der Waals surface area contributed by atoms with E-state index in [1.54, 1.807) is 30.3 Å². The minimum absolute atomic E-state index is 0.0186. The van der Waals surface area contributed by atoms with Gasteiger partial charge < -0.3 is 10.6 Å². The number of alkyl halides is 3. The van der Waals surface area contributed by atoms with Crippen molar-refractivity contribution in [2.45, 2.75) is 31.9 Å². The third-order valence-corrected chi connectivity index (χ3v) is 4.55. The van der Waals surface area contributed by atoms with Crippen LogP contribution in [-0.4, -0.2) is 11.8 Å². The number of halogens is 3. The second kappa shape index (κ2) is 7.82. The fourth-order valence-corrected chi connectivity index (χ4v) is 3.16. The summed E-state index contributed by atoms with van der Waals surface area (Å²) in [6.45, 7) is 0. The van der Waals surface area contributed by atoms with Crippen molar-refractivity contribution in [1.82, 2.24) is 0 Å². The highest BCUT2D eigenvalue weighted by molar-refractivity contribution is 6.04. The van der Waals surface area contributed by atoms with Crippen LogP contribution in [0.25, 0.3) is 0 Å². The maximum atomic E-state index is 13.2. The van der Waals surface area contributed by atoms with Crippen molar-refractivity contribution in [2.75, 3.05) is 10.6 Å². The molecule has 0 atom stereocenters. The quantitative estimate of drug-likeness (QED) is 0.781. The zero-order valence-electron chi connectivity index (χ0n) is 14.5. The van der Waals surface area contributed by atoms with Crippen LogP contribution in [0.4, 0.5) is 24.5 Å². The average Bonchev–Trinajstić information content (AvgIpc) is 3.16. The fraction of sp³-hybridized carbons (Fsp3) is 0.300. The molecule has 1 aliphatic rings. The van der Waals surface area contributed by atoms with Crippen LogP contribution in [0.3, 0.4) is 0 Å². The summed E-state index contributed by atoms with van der Waals surface area (Å²) in [5.74, 6) is -0.989. The average molecular weight is 376 g/mol. The highest BCUT2D eigenvalue weighted by Crippen LogP contribution is 2.34. The lowest BCUT2D eigenvalue weighted by atomic mass is 10.1. The lowest BCUT2D eigenvalue weighted by molar-refractivity contribution is -0.137. The Morgan fingerprint density at radius 1 is 0.889 bits per heavy atom. The van der Waals surface area contributed by atoms with Gasteiger partial charge in [0.25, 0.3) is 5.91 Å². The summed E-state index contributed by atoms with van der Waals surface area (Å²) in [6.07, 6.45) is -1.23. The molecule has 0 spiro atoms. The van der Waals surface area contributed by atoms with Crippen molar-refractivity contribution < 1.29 is 22.8 Å². The Morgan fingerprint density at radius 3 is 2.07 bits per heavy atom. The van der Waals surface area contributed by atoms with E-state index in [2.05, 4.69) is 10.6 Å². The molecule has 0 aliphatic heterocycles. The normalized spacial score (nSPS) is 14.8. The van der Waals surface area contributed by atoms with Crippen molar-refractivity contribution >= 4 is 23.2 Å². The molecule has 1 fully saturated rings. The zero-order valence-corrected chi connectivity index (χ0v) is 14.5. The van der Waals surface area contributed by atoms with Crippen LogP contribution in [0.2, 0.25) is 0 Å². The molecule has 27 heavy (non-hydrogen) atoms. The van der Waals surface area contributed by atoms with Gasteiger partial charge >= 0.3 is 6.18 Å². The van der Waals surface area contributed by atoms with Crippen LogP contribution in [0, 0.1) is 5.92 Å². The summed E-state index contributed by atoms with van der Waals surface area (Å²) < 4.78 is 39.7. The van der Waals surface area contributed by atoms with E-state index in [1.165, 1.54) is 6.07 Å². The molecule has 0 unspecified atom stereocenters. The molecular weight excluding hydrogens is 357 g/mol. The largest absolute Gasteiger partial charge is 0.416 e. The molecule has 3 rings (SSSR count). The Hall–Kier alpha value is -2.83. The summed E-state index contributed by atoms with van der Waals surface area (Å²) in [5, 5.41) is 5.02. The number of benzene rings is 2. The van der Waals surface area contributed by atoms with Crippen LogP contribution in [0.5, 0.6) is 0 Å². The van der Waals surface area contributed by atoms with Gasteiger partial charge in [0.1, 0.15) is 0 Å². The summed E-state index contributed by atoms with van der Waals surface area (Å²) in [4.78, 5) is 24.5. The second-order valence-corrected chi connectivity index (χ2v) is 6.59. The SMILES string of the molecule is O=C(Nc1cc(NC(=O)C2CCCC2)cc(C(F)(F)F)c1)c1ccccc1. The highest BCUT2D eigenvalue weighted by atomic mass is 19.4. The molecule has 142 valence electrons. The number of nitrogens with one attached hydrogen (secondary N) is 2. The Bertz CT molecular complexity index is 829. The number of anilines is 2. The van der Waals surface area contributed by atoms with Gasteiger partial charge in [0.05, 0.1) is 5.56 Å². The van der Waals surface area contributed by atoms with Gasteiger partial charge in [-0.15, -0.1) is 0 Å². The van der Waals surface area contributed by atoms with E-state index in [1.807, 2.05) is 0 Å². The Balaban J connectivity index is 1.84. The number of carbonyl (C=O) groups excluding carboxylic acids is 2. The van der Waals surface area contributed by atoms with Crippen LogP contribution in [0.15, 0.2) is 48.5 Å². The van der Waals surface area contributed by atoms with E-state index in [9.17, 15) is 22.8 Å². The molecule has 2 aromatic rings. The van der Waals surface area contributed by atoms with E-state index in [4.69, 9.17) is 0 Å². The maximum Gasteiger partial charge on any atom is 0.416 e. The Kier molecular flexibility index (Phi) is 5.48. The Morgan fingerprint density at radius 2 is 1.48 bits per heavy atom. The summed E-state index contributed by atoms with van der Waals surface area (Å²) >= 11 is 0. The maximum absolute atomic E-state index is 13.2. The first-order valence-corrected chi connectivity index (χ1v) is 8.72. The number of hydrogen-bond acceptors (Lipinski definition) is 2. The third-order valence-electron chi connectivity index (χ3n) is 4.55. The number of hydrogen-bond donors (Lipinski definition) is 2. The number of amides is 2. The van der Waals surface area contributed by atoms with Gasteiger partial charge in [-0.1, -0.05) is 31.0 Å². The Labute approximate surface area is 154 Å². The van der Waals surface area contributed by atoms with Crippen molar-refractivity contribution in [3.8, 4) is 0 Å². The van der Waals surface area contributed by atoms with Gasteiger partial charge in [-0.25, -0.2) is 0 Å². The lowest BCUT2D eigenvalue weighted by Gasteiger charge is -2.15. The molecule has 0 bridgehead atoms. The predicted molar refractivity (Wildman–Crippen MR) is 96.4 cm³/mol. The van der Waals surface area contributed by atoms with Crippen molar-refractivity contribution in [3.63, 3.8) is 0 Å². The van der Waals surface area contributed by atoms with E-state index in [0.717, 1.165) is 37.8 Å². The smallest absolute Gasteiger partial charge is 0.326 e. The second-order valence-electron chi connectivity index (χ2n) is 6.59. The van der Waals surface area contributed by atoms with E-state index >= 15 is 0 Å².